The van der Waals surface area contributed by atoms with Gasteiger partial charge in [-0.25, -0.2) is 0 Å². The van der Waals surface area contributed by atoms with E-state index >= 15 is 0 Å². The van der Waals surface area contributed by atoms with E-state index < -0.39 is 0 Å². The Labute approximate surface area is 145 Å². The van der Waals surface area contributed by atoms with Crippen LogP contribution >= 0.6 is 23.1 Å². The van der Waals surface area contributed by atoms with Gasteiger partial charge in [0.1, 0.15) is 0 Å². The molecule has 23 heavy (non-hydrogen) atoms. The molecule has 1 nitrogen and oxygen atoms in total. The maximum atomic E-state index is 12.3. The van der Waals surface area contributed by atoms with Crippen LogP contribution in [0.5, 0.6) is 0 Å². The Morgan fingerprint density at radius 1 is 0.870 bits per heavy atom. The molecule has 2 aromatic carbocycles. The second kappa shape index (κ2) is 8.14. The highest BCUT2D eigenvalue weighted by molar-refractivity contribution is 7.99. The van der Waals surface area contributed by atoms with Crippen molar-refractivity contribution in [3.8, 4) is 10.4 Å². The van der Waals surface area contributed by atoms with Crippen molar-refractivity contribution in [2.24, 2.45) is 0 Å². The zero-order valence-corrected chi connectivity index (χ0v) is 14.4. The van der Waals surface area contributed by atoms with E-state index in [1.54, 1.807) is 11.3 Å². The standard InChI is InChI=1S/C20H18OS2/c21-18(12-7-15-22-17-10-5-2-6-11-17)20-14-13-19(23-20)16-8-3-1-4-9-16/h1-6,8-11,13-14H,7,12,15H2. The van der Waals surface area contributed by atoms with Crippen LogP contribution in [0.15, 0.2) is 77.7 Å². The second-order valence-electron chi connectivity index (χ2n) is 5.22. The van der Waals surface area contributed by atoms with Crippen molar-refractivity contribution in [3.05, 3.63) is 77.7 Å². The number of hydrogen-bond donors (Lipinski definition) is 0. The minimum atomic E-state index is 0.255. The minimum Gasteiger partial charge on any atom is -0.293 e. The molecule has 0 bridgehead atoms. The van der Waals surface area contributed by atoms with Crippen molar-refractivity contribution in [3.63, 3.8) is 0 Å². The Balaban J connectivity index is 1.50. The fraction of sp³-hybridized carbons (Fsp3) is 0.150. The summed E-state index contributed by atoms with van der Waals surface area (Å²) in [7, 11) is 0. The number of thioether (sulfide) groups is 1. The summed E-state index contributed by atoms with van der Waals surface area (Å²) in [5, 5.41) is 0. The van der Waals surface area contributed by atoms with Gasteiger partial charge in [0.2, 0.25) is 0 Å². The maximum Gasteiger partial charge on any atom is 0.172 e. The molecule has 0 aliphatic rings. The van der Waals surface area contributed by atoms with Gasteiger partial charge in [-0.2, -0.15) is 0 Å². The average molecular weight is 338 g/mol. The fourth-order valence-electron chi connectivity index (χ4n) is 2.31. The lowest BCUT2D eigenvalue weighted by molar-refractivity contribution is 0.0986. The van der Waals surface area contributed by atoms with E-state index in [0.29, 0.717) is 6.42 Å². The molecular weight excluding hydrogens is 320 g/mol. The van der Waals surface area contributed by atoms with Crippen LogP contribution in [0.25, 0.3) is 10.4 Å². The first kappa shape index (κ1) is 16.0. The highest BCUT2D eigenvalue weighted by atomic mass is 32.2. The molecule has 116 valence electrons. The SMILES string of the molecule is O=C(CCCSc1ccccc1)c1ccc(-c2ccccc2)s1. The van der Waals surface area contributed by atoms with E-state index in [4.69, 9.17) is 0 Å². The summed E-state index contributed by atoms with van der Waals surface area (Å²) in [6.07, 6.45) is 1.53. The maximum absolute atomic E-state index is 12.3. The number of carbonyl (C=O) groups is 1. The molecule has 0 unspecified atom stereocenters. The van der Waals surface area contributed by atoms with E-state index in [0.717, 1.165) is 21.9 Å². The van der Waals surface area contributed by atoms with Gasteiger partial charge < -0.3 is 0 Å². The van der Waals surface area contributed by atoms with Crippen molar-refractivity contribution >= 4 is 28.9 Å². The summed E-state index contributed by atoms with van der Waals surface area (Å²) >= 11 is 3.40. The number of rotatable bonds is 7. The van der Waals surface area contributed by atoms with Crippen molar-refractivity contribution in [2.45, 2.75) is 17.7 Å². The molecule has 0 atom stereocenters. The van der Waals surface area contributed by atoms with E-state index in [2.05, 4.69) is 24.3 Å². The molecule has 1 heterocycles. The summed E-state index contributed by atoms with van der Waals surface area (Å²) < 4.78 is 0. The Kier molecular flexibility index (Phi) is 5.67. The predicted molar refractivity (Wildman–Crippen MR) is 100 cm³/mol. The smallest absolute Gasteiger partial charge is 0.172 e. The quantitative estimate of drug-likeness (QED) is 0.291. The van der Waals surface area contributed by atoms with Crippen LogP contribution in [0.2, 0.25) is 0 Å². The van der Waals surface area contributed by atoms with Crippen molar-refractivity contribution in [1.29, 1.82) is 0 Å². The van der Waals surface area contributed by atoms with Crippen LogP contribution in [0.4, 0.5) is 0 Å². The number of hydrogen-bond acceptors (Lipinski definition) is 3. The van der Waals surface area contributed by atoms with Gasteiger partial charge in [-0.15, -0.1) is 23.1 Å². The second-order valence-corrected chi connectivity index (χ2v) is 7.47. The Morgan fingerprint density at radius 3 is 2.30 bits per heavy atom. The van der Waals surface area contributed by atoms with Gasteiger partial charge in [0, 0.05) is 16.2 Å². The number of carbonyl (C=O) groups excluding carboxylic acids is 1. The molecule has 3 heteroatoms. The largest absolute Gasteiger partial charge is 0.293 e. The molecule has 3 rings (SSSR count). The molecule has 3 aromatic rings. The Bertz CT molecular complexity index is 748. The third-order valence-electron chi connectivity index (χ3n) is 3.50. The van der Waals surface area contributed by atoms with E-state index in [9.17, 15) is 4.79 Å². The van der Waals surface area contributed by atoms with Crippen molar-refractivity contribution in [2.75, 3.05) is 5.75 Å². The predicted octanol–water partition coefficient (Wildman–Crippen LogP) is 6.17. The summed E-state index contributed by atoms with van der Waals surface area (Å²) in [4.78, 5) is 15.6. The number of Topliss-reactive ketones (excluding diaryl/α,β-unsaturated/α-hetero) is 1. The van der Waals surface area contributed by atoms with E-state index in [1.807, 2.05) is 60.3 Å². The average Bonchev–Trinajstić information content (AvgIpc) is 3.10. The van der Waals surface area contributed by atoms with Crippen LogP contribution < -0.4 is 0 Å². The normalized spacial score (nSPS) is 10.6. The van der Waals surface area contributed by atoms with Gasteiger partial charge in [0.25, 0.3) is 0 Å². The number of benzene rings is 2. The molecule has 1 aromatic heterocycles. The molecule has 0 saturated heterocycles. The molecule has 0 spiro atoms. The topological polar surface area (TPSA) is 17.1 Å². The highest BCUT2D eigenvalue weighted by Gasteiger charge is 2.10. The molecule has 0 fully saturated rings. The third-order valence-corrected chi connectivity index (χ3v) is 5.77. The van der Waals surface area contributed by atoms with Gasteiger partial charge in [-0.05, 0) is 42.0 Å². The minimum absolute atomic E-state index is 0.255. The van der Waals surface area contributed by atoms with Crippen molar-refractivity contribution < 1.29 is 4.79 Å². The molecule has 0 radical (unpaired) electrons. The Morgan fingerprint density at radius 2 is 1.57 bits per heavy atom. The highest BCUT2D eigenvalue weighted by Crippen LogP contribution is 2.29. The van der Waals surface area contributed by atoms with Gasteiger partial charge >= 0.3 is 0 Å². The molecule has 0 N–H and O–H groups in total. The first-order valence-corrected chi connectivity index (χ1v) is 9.49. The number of thiophene rings is 1. The Hall–Kier alpha value is -1.84. The van der Waals surface area contributed by atoms with E-state index in [-0.39, 0.29) is 5.78 Å². The third kappa shape index (κ3) is 4.57. The molecule has 0 aliphatic heterocycles. The first-order valence-electron chi connectivity index (χ1n) is 7.69. The lowest BCUT2D eigenvalue weighted by Crippen LogP contribution is -1.96. The zero-order valence-electron chi connectivity index (χ0n) is 12.8. The monoisotopic (exact) mass is 338 g/mol. The molecule has 0 aliphatic carbocycles. The van der Waals surface area contributed by atoms with Crippen LogP contribution in [0.1, 0.15) is 22.5 Å². The molecule has 0 amide bonds. The van der Waals surface area contributed by atoms with Crippen molar-refractivity contribution in [1.82, 2.24) is 0 Å². The summed E-state index contributed by atoms with van der Waals surface area (Å²) in [6.45, 7) is 0. The summed E-state index contributed by atoms with van der Waals surface area (Å²) in [6, 6.07) is 24.6. The van der Waals surface area contributed by atoms with Gasteiger partial charge in [-0.1, -0.05) is 48.5 Å². The fourth-order valence-corrected chi connectivity index (χ4v) is 4.16. The zero-order chi connectivity index (χ0) is 15.9. The summed E-state index contributed by atoms with van der Waals surface area (Å²) in [5.74, 6) is 1.23. The van der Waals surface area contributed by atoms with Crippen LogP contribution in [-0.2, 0) is 0 Å². The first-order chi connectivity index (χ1) is 11.3. The van der Waals surface area contributed by atoms with Gasteiger partial charge in [0.05, 0.1) is 4.88 Å². The van der Waals surface area contributed by atoms with E-state index in [1.165, 1.54) is 10.5 Å². The lowest BCUT2D eigenvalue weighted by atomic mass is 10.2. The molecular formula is C20H18OS2. The van der Waals surface area contributed by atoms with Crippen LogP contribution in [-0.4, -0.2) is 11.5 Å². The van der Waals surface area contributed by atoms with Gasteiger partial charge in [0.15, 0.2) is 5.78 Å². The summed E-state index contributed by atoms with van der Waals surface area (Å²) in [5.41, 5.74) is 1.18. The molecule has 0 saturated carbocycles. The lowest BCUT2D eigenvalue weighted by Gasteiger charge is -2.01. The van der Waals surface area contributed by atoms with Crippen LogP contribution in [0.3, 0.4) is 0 Å². The van der Waals surface area contributed by atoms with Crippen LogP contribution in [0, 0.1) is 0 Å². The number of ketones is 1. The van der Waals surface area contributed by atoms with Gasteiger partial charge in [-0.3, -0.25) is 4.79 Å².